The molecule has 0 aliphatic rings. The van der Waals surface area contributed by atoms with Crippen molar-refractivity contribution in [1.82, 2.24) is 4.98 Å². The smallest absolute Gasteiger partial charge is 0.255 e. The Balaban J connectivity index is 1.44. The Kier molecular flexibility index (Phi) is 6.44. The molecular weight excluding hydrogens is 428 g/mol. The first-order chi connectivity index (χ1) is 15.0. The lowest BCUT2D eigenvalue weighted by Crippen LogP contribution is -2.12. The monoisotopic (exact) mass is 448 g/mol. The van der Waals surface area contributed by atoms with E-state index >= 15 is 0 Å². The highest BCUT2D eigenvalue weighted by atomic mass is 35.5. The van der Waals surface area contributed by atoms with Gasteiger partial charge in [-0.3, -0.25) is 4.79 Å². The molecule has 4 rings (SSSR count). The van der Waals surface area contributed by atoms with Crippen molar-refractivity contribution in [2.45, 2.75) is 24.5 Å². The molecule has 4 nitrogen and oxygen atoms in total. The van der Waals surface area contributed by atoms with E-state index in [0.29, 0.717) is 22.2 Å². The minimum Gasteiger partial charge on any atom is -0.441 e. The standard InChI is InChI=1S/C25H21ClN2O2S/c1-16-8-13-22(21(26)14-16)27-24(29)18-9-11-19(12-10-18)25-28-23(17(2)30-25)15-31-20-6-4-3-5-7-20/h3-14H,15H2,1-2H3,(H,27,29). The number of benzene rings is 3. The zero-order valence-electron chi connectivity index (χ0n) is 17.2. The van der Waals surface area contributed by atoms with Crippen LogP contribution >= 0.6 is 23.4 Å². The number of carbonyl (C=O) groups is 1. The first kappa shape index (κ1) is 21.2. The number of halogens is 1. The summed E-state index contributed by atoms with van der Waals surface area (Å²) >= 11 is 7.93. The number of nitrogens with zero attached hydrogens (tertiary/aromatic N) is 1. The number of anilines is 1. The molecule has 31 heavy (non-hydrogen) atoms. The number of carbonyl (C=O) groups excluding carboxylic acids is 1. The molecule has 4 aromatic rings. The molecule has 0 fully saturated rings. The molecule has 0 saturated carbocycles. The van der Waals surface area contributed by atoms with Gasteiger partial charge in [-0.05, 0) is 67.9 Å². The molecule has 0 spiro atoms. The SMILES string of the molecule is Cc1ccc(NC(=O)c2ccc(-c3nc(CSc4ccccc4)c(C)o3)cc2)c(Cl)c1. The van der Waals surface area contributed by atoms with Crippen LogP contribution < -0.4 is 5.32 Å². The molecule has 0 saturated heterocycles. The van der Waals surface area contributed by atoms with Crippen molar-refractivity contribution in [1.29, 1.82) is 0 Å². The number of nitrogens with one attached hydrogen (secondary N) is 1. The predicted octanol–water partition coefficient (Wildman–Crippen LogP) is 7.16. The Hall–Kier alpha value is -3.02. The second kappa shape index (κ2) is 9.41. The van der Waals surface area contributed by atoms with E-state index in [0.717, 1.165) is 28.3 Å². The number of hydrogen-bond donors (Lipinski definition) is 1. The van der Waals surface area contributed by atoms with Crippen LogP contribution in [0.4, 0.5) is 5.69 Å². The summed E-state index contributed by atoms with van der Waals surface area (Å²) in [5.74, 6) is 1.86. The third-order valence-electron chi connectivity index (χ3n) is 4.78. The summed E-state index contributed by atoms with van der Waals surface area (Å²) in [5, 5.41) is 3.36. The van der Waals surface area contributed by atoms with Crippen molar-refractivity contribution in [2.75, 3.05) is 5.32 Å². The Bertz CT molecular complexity index is 1200. The first-order valence-corrected chi connectivity index (χ1v) is 11.2. The topological polar surface area (TPSA) is 55.1 Å². The summed E-state index contributed by atoms with van der Waals surface area (Å²) in [5.41, 5.74) is 3.90. The van der Waals surface area contributed by atoms with Crippen molar-refractivity contribution >= 4 is 35.0 Å². The quantitative estimate of drug-likeness (QED) is 0.318. The van der Waals surface area contributed by atoms with E-state index in [1.54, 1.807) is 30.0 Å². The van der Waals surface area contributed by atoms with Crippen LogP contribution in [0.15, 0.2) is 82.1 Å². The lowest BCUT2D eigenvalue weighted by Gasteiger charge is -2.08. The molecule has 3 aromatic carbocycles. The number of rotatable bonds is 6. The van der Waals surface area contributed by atoms with E-state index in [9.17, 15) is 4.79 Å². The van der Waals surface area contributed by atoms with E-state index in [4.69, 9.17) is 16.0 Å². The van der Waals surface area contributed by atoms with Gasteiger partial charge < -0.3 is 9.73 Å². The fraction of sp³-hybridized carbons (Fsp3) is 0.120. The molecule has 0 atom stereocenters. The summed E-state index contributed by atoms with van der Waals surface area (Å²) in [6, 6.07) is 22.9. The summed E-state index contributed by atoms with van der Waals surface area (Å²) in [4.78, 5) is 18.4. The van der Waals surface area contributed by atoms with Crippen molar-refractivity contribution in [3.05, 3.63) is 100 Å². The lowest BCUT2D eigenvalue weighted by atomic mass is 10.1. The van der Waals surface area contributed by atoms with Gasteiger partial charge >= 0.3 is 0 Å². The van der Waals surface area contributed by atoms with Crippen molar-refractivity contribution in [3.8, 4) is 11.5 Å². The molecule has 1 N–H and O–H groups in total. The summed E-state index contributed by atoms with van der Waals surface area (Å²) < 4.78 is 5.87. The minimum atomic E-state index is -0.221. The van der Waals surface area contributed by atoms with E-state index in [1.165, 1.54) is 4.90 Å². The minimum absolute atomic E-state index is 0.221. The lowest BCUT2D eigenvalue weighted by molar-refractivity contribution is 0.102. The van der Waals surface area contributed by atoms with Crippen molar-refractivity contribution in [2.24, 2.45) is 0 Å². The second-order valence-electron chi connectivity index (χ2n) is 7.14. The zero-order valence-corrected chi connectivity index (χ0v) is 18.8. The van der Waals surface area contributed by atoms with Crippen LogP contribution in [0.3, 0.4) is 0 Å². The number of amides is 1. The van der Waals surface area contributed by atoms with Gasteiger partial charge in [0.1, 0.15) is 5.76 Å². The Labute approximate surface area is 190 Å². The summed E-state index contributed by atoms with van der Waals surface area (Å²) in [7, 11) is 0. The van der Waals surface area contributed by atoms with Gasteiger partial charge in [-0.1, -0.05) is 35.9 Å². The third kappa shape index (κ3) is 5.19. The number of thioether (sulfide) groups is 1. The van der Waals surface area contributed by atoms with Gasteiger partial charge in [-0.2, -0.15) is 0 Å². The summed E-state index contributed by atoms with van der Waals surface area (Å²) in [6.45, 7) is 3.87. The number of aromatic nitrogens is 1. The molecule has 1 amide bonds. The normalized spacial score (nSPS) is 10.8. The van der Waals surface area contributed by atoms with Gasteiger partial charge in [0.25, 0.3) is 5.91 Å². The van der Waals surface area contributed by atoms with Crippen LogP contribution in [0.25, 0.3) is 11.5 Å². The second-order valence-corrected chi connectivity index (χ2v) is 8.59. The average Bonchev–Trinajstić information content (AvgIpc) is 3.15. The fourth-order valence-electron chi connectivity index (χ4n) is 3.03. The van der Waals surface area contributed by atoms with Crippen LogP contribution in [0, 0.1) is 13.8 Å². The maximum absolute atomic E-state index is 12.6. The molecule has 0 radical (unpaired) electrons. The average molecular weight is 449 g/mol. The van der Waals surface area contributed by atoms with E-state index < -0.39 is 0 Å². The Morgan fingerprint density at radius 1 is 1.03 bits per heavy atom. The molecule has 1 aromatic heterocycles. The Morgan fingerprint density at radius 2 is 1.77 bits per heavy atom. The van der Waals surface area contributed by atoms with Gasteiger partial charge in [-0.25, -0.2) is 4.98 Å². The number of hydrogen-bond acceptors (Lipinski definition) is 4. The van der Waals surface area contributed by atoms with E-state index in [2.05, 4.69) is 22.4 Å². The van der Waals surface area contributed by atoms with Crippen molar-refractivity contribution in [3.63, 3.8) is 0 Å². The van der Waals surface area contributed by atoms with E-state index in [-0.39, 0.29) is 5.91 Å². The van der Waals surface area contributed by atoms with Gasteiger partial charge in [0.05, 0.1) is 16.4 Å². The third-order valence-corrected chi connectivity index (χ3v) is 6.11. The van der Waals surface area contributed by atoms with Crippen molar-refractivity contribution < 1.29 is 9.21 Å². The highest BCUT2D eigenvalue weighted by Gasteiger charge is 2.14. The molecule has 156 valence electrons. The van der Waals surface area contributed by atoms with Crippen LogP contribution in [0.5, 0.6) is 0 Å². The van der Waals surface area contributed by atoms with Gasteiger partial charge in [0, 0.05) is 21.8 Å². The fourth-order valence-corrected chi connectivity index (χ4v) is 4.24. The van der Waals surface area contributed by atoms with Crippen LogP contribution in [0.2, 0.25) is 5.02 Å². The number of oxazole rings is 1. The molecule has 0 bridgehead atoms. The molecule has 0 unspecified atom stereocenters. The maximum atomic E-state index is 12.6. The summed E-state index contributed by atoms with van der Waals surface area (Å²) in [6.07, 6.45) is 0. The first-order valence-electron chi connectivity index (χ1n) is 9.82. The van der Waals surface area contributed by atoms with Gasteiger partial charge in [0.2, 0.25) is 5.89 Å². The van der Waals surface area contributed by atoms with Gasteiger partial charge in [0.15, 0.2) is 0 Å². The van der Waals surface area contributed by atoms with E-state index in [1.807, 2.05) is 56.3 Å². The van der Waals surface area contributed by atoms with Gasteiger partial charge in [-0.15, -0.1) is 11.8 Å². The highest BCUT2D eigenvalue weighted by molar-refractivity contribution is 7.98. The van der Waals surface area contributed by atoms with Crippen LogP contribution in [0.1, 0.15) is 27.4 Å². The van der Waals surface area contributed by atoms with Crippen LogP contribution in [-0.4, -0.2) is 10.9 Å². The molecular formula is C25H21ClN2O2S. The highest BCUT2D eigenvalue weighted by Crippen LogP contribution is 2.28. The van der Waals surface area contributed by atoms with Crippen LogP contribution in [-0.2, 0) is 5.75 Å². The molecule has 0 aliphatic heterocycles. The largest absolute Gasteiger partial charge is 0.441 e. The number of aryl methyl sites for hydroxylation is 2. The Morgan fingerprint density at radius 3 is 2.48 bits per heavy atom. The molecule has 6 heteroatoms. The molecule has 0 aliphatic carbocycles. The maximum Gasteiger partial charge on any atom is 0.255 e. The predicted molar refractivity (Wildman–Crippen MR) is 127 cm³/mol. The zero-order chi connectivity index (χ0) is 21.8. The molecule has 1 heterocycles.